The van der Waals surface area contributed by atoms with E-state index in [-0.39, 0.29) is 34.8 Å². The fourth-order valence-corrected chi connectivity index (χ4v) is 3.85. The van der Waals surface area contributed by atoms with Crippen molar-refractivity contribution in [2.75, 3.05) is 13.1 Å². The summed E-state index contributed by atoms with van der Waals surface area (Å²) >= 11 is 5.89. The maximum Gasteiger partial charge on any atom is 0.417 e. The zero-order valence-electron chi connectivity index (χ0n) is 19.1. The van der Waals surface area contributed by atoms with Crippen LogP contribution in [0.25, 0.3) is 5.57 Å². The second-order valence-electron chi connectivity index (χ2n) is 9.32. The molecule has 1 aliphatic heterocycles. The molecule has 1 amide bonds. The standard InChI is InChI=1S/C25H24ClF4NO3/c1-15-9-17(11-19(26)10-15)20(25(28,29)30)12-21(32)16-5-7-18(8-6-16)24(27)13-31(14-24)22(33)34-23(2,3)4/h5-12H,13-14H2,1-4H3. The predicted molar refractivity (Wildman–Crippen MR) is 122 cm³/mol. The smallest absolute Gasteiger partial charge is 0.417 e. The molecular weight excluding hydrogens is 474 g/mol. The summed E-state index contributed by atoms with van der Waals surface area (Å²) in [5.74, 6) is -0.881. The van der Waals surface area contributed by atoms with Crippen LogP contribution in [0.4, 0.5) is 22.4 Å². The highest BCUT2D eigenvalue weighted by molar-refractivity contribution is 6.30. The van der Waals surface area contributed by atoms with E-state index < -0.39 is 34.9 Å². The minimum atomic E-state index is -4.78. The largest absolute Gasteiger partial charge is 0.444 e. The summed E-state index contributed by atoms with van der Waals surface area (Å²) in [5, 5.41) is 0.121. The van der Waals surface area contributed by atoms with Crippen molar-refractivity contribution in [3.05, 3.63) is 75.8 Å². The van der Waals surface area contributed by atoms with Crippen molar-refractivity contribution in [1.82, 2.24) is 4.90 Å². The Morgan fingerprint density at radius 3 is 2.12 bits per heavy atom. The minimum absolute atomic E-state index is 0.0313. The lowest BCUT2D eigenvalue weighted by atomic mass is 9.87. The van der Waals surface area contributed by atoms with E-state index in [9.17, 15) is 22.8 Å². The van der Waals surface area contributed by atoms with Gasteiger partial charge in [-0.1, -0.05) is 41.9 Å². The molecule has 1 fully saturated rings. The number of halogens is 5. The van der Waals surface area contributed by atoms with Crippen LogP contribution in [-0.2, 0) is 10.4 Å². The molecule has 2 aromatic carbocycles. The quantitative estimate of drug-likeness (QED) is 0.262. The number of aryl methyl sites for hydroxylation is 1. The Balaban J connectivity index is 1.78. The van der Waals surface area contributed by atoms with E-state index >= 15 is 4.39 Å². The molecule has 34 heavy (non-hydrogen) atoms. The van der Waals surface area contributed by atoms with Crippen molar-refractivity contribution in [2.24, 2.45) is 0 Å². The van der Waals surface area contributed by atoms with E-state index in [1.807, 2.05) is 0 Å². The number of ketones is 1. The zero-order chi connectivity index (χ0) is 25.5. The lowest BCUT2D eigenvalue weighted by Crippen LogP contribution is -2.59. The molecule has 0 aromatic heterocycles. The lowest BCUT2D eigenvalue weighted by molar-refractivity contribution is -0.0690. The fraction of sp³-hybridized carbons (Fsp3) is 0.360. The van der Waals surface area contributed by atoms with Crippen LogP contribution in [0.5, 0.6) is 0 Å². The van der Waals surface area contributed by atoms with E-state index in [0.29, 0.717) is 11.6 Å². The molecular formula is C25H24ClF4NO3. The molecule has 0 spiro atoms. The Morgan fingerprint density at radius 2 is 1.62 bits per heavy atom. The van der Waals surface area contributed by atoms with Crippen LogP contribution in [0.3, 0.4) is 0 Å². The third-order valence-corrected chi connectivity index (χ3v) is 5.37. The molecule has 1 aliphatic rings. The maximum atomic E-state index is 15.2. The van der Waals surface area contributed by atoms with Crippen molar-refractivity contribution in [2.45, 2.75) is 45.1 Å². The number of likely N-dealkylation sites (tertiary alicyclic amines) is 1. The van der Waals surface area contributed by atoms with Gasteiger partial charge in [-0.25, -0.2) is 9.18 Å². The summed E-state index contributed by atoms with van der Waals surface area (Å²) in [6, 6.07) is 9.16. The van der Waals surface area contributed by atoms with Crippen LogP contribution < -0.4 is 0 Å². The van der Waals surface area contributed by atoms with E-state index in [2.05, 4.69) is 0 Å². The van der Waals surface area contributed by atoms with Gasteiger partial charge < -0.3 is 9.64 Å². The van der Waals surface area contributed by atoms with Crippen molar-refractivity contribution in [3.63, 3.8) is 0 Å². The fourth-order valence-electron chi connectivity index (χ4n) is 3.57. The molecule has 0 saturated carbocycles. The summed E-state index contributed by atoms with van der Waals surface area (Å²) in [5.41, 5.74) is -3.18. The van der Waals surface area contributed by atoms with Crippen LogP contribution in [0.15, 0.2) is 48.5 Å². The van der Waals surface area contributed by atoms with Gasteiger partial charge in [0.1, 0.15) is 5.60 Å². The van der Waals surface area contributed by atoms with Gasteiger partial charge in [0.05, 0.1) is 18.7 Å². The van der Waals surface area contributed by atoms with Gasteiger partial charge in [0.25, 0.3) is 0 Å². The van der Waals surface area contributed by atoms with Crippen molar-refractivity contribution in [3.8, 4) is 0 Å². The first-order chi connectivity index (χ1) is 15.6. The number of carbonyl (C=O) groups is 2. The summed E-state index contributed by atoms with van der Waals surface area (Å²) in [6.07, 6.45) is -4.90. The van der Waals surface area contributed by atoms with Crippen molar-refractivity contribution >= 4 is 29.1 Å². The maximum absolute atomic E-state index is 15.2. The Kier molecular flexibility index (Phi) is 6.86. The molecule has 4 nitrogen and oxygen atoms in total. The Hall–Kier alpha value is -2.87. The SMILES string of the molecule is Cc1cc(Cl)cc(C(=CC(=O)c2ccc(C3(F)CN(C(=O)OC(C)(C)C)C3)cc2)C(F)(F)F)c1. The number of allylic oxidation sites excluding steroid dienone is 2. The van der Waals surface area contributed by atoms with Gasteiger partial charge in [-0.3, -0.25) is 4.79 Å². The number of hydrogen-bond donors (Lipinski definition) is 0. The van der Waals surface area contributed by atoms with Gasteiger partial charge in [-0.15, -0.1) is 0 Å². The molecule has 0 aliphatic carbocycles. The Labute approximate surface area is 200 Å². The van der Waals surface area contributed by atoms with Crippen LogP contribution in [0.1, 0.15) is 47.8 Å². The first-order valence-electron chi connectivity index (χ1n) is 10.5. The summed E-state index contributed by atoms with van der Waals surface area (Å²) in [6.45, 7) is 6.27. The molecule has 1 saturated heterocycles. The molecule has 3 rings (SSSR count). The second kappa shape index (κ2) is 9.06. The van der Waals surface area contributed by atoms with Gasteiger partial charge in [-0.05, 0) is 62.6 Å². The van der Waals surface area contributed by atoms with Crippen LogP contribution in [-0.4, -0.2) is 41.6 Å². The highest BCUT2D eigenvalue weighted by atomic mass is 35.5. The number of amides is 1. The Morgan fingerprint density at radius 1 is 1.03 bits per heavy atom. The van der Waals surface area contributed by atoms with Gasteiger partial charge in [0.15, 0.2) is 11.5 Å². The van der Waals surface area contributed by atoms with Crippen LogP contribution in [0, 0.1) is 6.92 Å². The summed E-state index contributed by atoms with van der Waals surface area (Å²) in [7, 11) is 0. The highest BCUT2D eigenvalue weighted by Gasteiger charge is 2.48. The number of ether oxygens (including phenoxy) is 1. The molecule has 0 unspecified atom stereocenters. The molecule has 0 radical (unpaired) electrons. The van der Waals surface area contributed by atoms with E-state index in [0.717, 1.165) is 6.07 Å². The molecule has 0 atom stereocenters. The van der Waals surface area contributed by atoms with E-state index in [4.69, 9.17) is 16.3 Å². The topological polar surface area (TPSA) is 46.6 Å². The van der Waals surface area contributed by atoms with Crippen molar-refractivity contribution in [1.29, 1.82) is 0 Å². The normalized spacial score (nSPS) is 16.1. The molecule has 2 aromatic rings. The summed E-state index contributed by atoms with van der Waals surface area (Å²) in [4.78, 5) is 25.8. The zero-order valence-corrected chi connectivity index (χ0v) is 19.9. The average molecular weight is 498 g/mol. The number of alkyl halides is 4. The van der Waals surface area contributed by atoms with Crippen molar-refractivity contribution < 1.29 is 31.9 Å². The molecule has 0 N–H and O–H groups in total. The number of benzene rings is 2. The third-order valence-electron chi connectivity index (χ3n) is 5.16. The van der Waals surface area contributed by atoms with E-state index in [1.165, 1.54) is 41.3 Å². The number of rotatable bonds is 4. The number of hydrogen-bond acceptors (Lipinski definition) is 3. The third kappa shape index (κ3) is 5.97. The Bertz CT molecular complexity index is 1110. The van der Waals surface area contributed by atoms with Crippen LogP contribution >= 0.6 is 11.6 Å². The molecule has 9 heteroatoms. The predicted octanol–water partition coefficient (Wildman–Crippen LogP) is 6.89. The summed E-state index contributed by atoms with van der Waals surface area (Å²) < 4.78 is 61.4. The van der Waals surface area contributed by atoms with Crippen LogP contribution in [0.2, 0.25) is 5.02 Å². The second-order valence-corrected chi connectivity index (χ2v) is 9.75. The number of carbonyl (C=O) groups excluding carboxylic acids is 2. The first-order valence-corrected chi connectivity index (χ1v) is 10.8. The van der Waals surface area contributed by atoms with Gasteiger partial charge in [0.2, 0.25) is 0 Å². The minimum Gasteiger partial charge on any atom is -0.444 e. The average Bonchev–Trinajstić information content (AvgIpc) is 2.66. The first kappa shape index (κ1) is 25.7. The monoisotopic (exact) mass is 497 g/mol. The van der Waals surface area contributed by atoms with Gasteiger partial charge >= 0.3 is 12.3 Å². The lowest BCUT2D eigenvalue weighted by Gasteiger charge is -2.44. The van der Waals surface area contributed by atoms with E-state index in [1.54, 1.807) is 27.7 Å². The molecule has 0 bridgehead atoms. The van der Waals surface area contributed by atoms with Gasteiger partial charge in [-0.2, -0.15) is 13.2 Å². The molecule has 1 heterocycles. The molecule has 182 valence electrons. The number of nitrogens with zero attached hydrogens (tertiary/aromatic N) is 1. The van der Waals surface area contributed by atoms with Gasteiger partial charge in [0, 0.05) is 10.6 Å². The highest BCUT2D eigenvalue weighted by Crippen LogP contribution is 2.38.